The molecule has 0 radical (unpaired) electrons. The molecular weight excluding hydrogens is 412 g/mol. The van der Waals surface area contributed by atoms with Gasteiger partial charge in [0.05, 0.1) is 0 Å². The van der Waals surface area contributed by atoms with E-state index in [1.54, 1.807) is 36.2 Å². The monoisotopic (exact) mass is 434 g/mol. The van der Waals surface area contributed by atoms with Crippen molar-refractivity contribution in [1.82, 2.24) is 4.98 Å². The molecule has 2 aromatic rings. The van der Waals surface area contributed by atoms with Gasteiger partial charge in [-0.1, -0.05) is 30.9 Å². The Bertz CT molecular complexity index is 883. The lowest BCUT2D eigenvalue weighted by molar-refractivity contribution is -0.160. The van der Waals surface area contributed by atoms with Gasteiger partial charge in [0.25, 0.3) is 5.91 Å². The third kappa shape index (κ3) is 4.41. The van der Waals surface area contributed by atoms with Crippen LogP contribution in [0.3, 0.4) is 0 Å². The van der Waals surface area contributed by atoms with Crippen LogP contribution < -0.4 is 9.64 Å². The lowest BCUT2D eigenvalue weighted by Crippen LogP contribution is -2.48. The van der Waals surface area contributed by atoms with Crippen LogP contribution in [-0.2, 0) is 20.7 Å². The SMILES string of the molecule is C[C@@H](OC(=O)[C@H]1Cc2cc(Cl)ccc2O1)C(=O)N(c1nccs1)C1CCCCC1. The summed E-state index contributed by atoms with van der Waals surface area (Å²) in [6.45, 7) is 1.61. The zero-order chi connectivity index (χ0) is 20.4. The van der Waals surface area contributed by atoms with E-state index in [0.29, 0.717) is 22.3 Å². The number of fused-ring (bicyclic) bond motifs is 1. The Morgan fingerprint density at radius 2 is 2.10 bits per heavy atom. The maximum atomic E-state index is 13.2. The Morgan fingerprint density at radius 1 is 1.31 bits per heavy atom. The molecule has 1 aliphatic carbocycles. The molecular formula is C21H23ClN2O4S. The van der Waals surface area contributed by atoms with E-state index in [-0.39, 0.29) is 11.9 Å². The zero-order valence-corrected chi connectivity index (χ0v) is 17.7. The second-order valence-electron chi connectivity index (χ2n) is 7.46. The molecule has 1 aromatic heterocycles. The van der Waals surface area contributed by atoms with E-state index < -0.39 is 18.2 Å². The summed E-state index contributed by atoms with van der Waals surface area (Å²) in [7, 11) is 0. The van der Waals surface area contributed by atoms with Crippen LogP contribution in [0.4, 0.5) is 5.13 Å². The molecule has 4 rings (SSSR count). The van der Waals surface area contributed by atoms with Crippen LogP contribution in [0.25, 0.3) is 0 Å². The Kier molecular flexibility index (Phi) is 6.06. The van der Waals surface area contributed by atoms with Crippen molar-refractivity contribution in [3.05, 3.63) is 40.4 Å². The highest BCUT2D eigenvalue weighted by Gasteiger charge is 2.36. The minimum atomic E-state index is -0.913. The van der Waals surface area contributed by atoms with Crippen molar-refractivity contribution in [3.63, 3.8) is 0 Å². The predicted molar refractivity (Wildman–Crippen MR) is 112 cm³/mol. The Labute approximate surface area is 178 Å². The van der Waals surface area contributed by atoms with Gasteiger partial charge in [0.2, 0.25) is 0 Å². The van der Waals surface area contributed by atoms with Crippen LogP contribution in [-0.4, -0.2) is 35.1 Å². The van der Waals surface area contributed by atoms with E-state index in [9.17, 15) is 9.59 Å². The van der Waals surface area contributed by atoms with Crippen molar-refractivity contribution in [1.29, 1.82) is 0 Å². The highest BCUT2D eigenvalue weighted by atomic mass is 35.5. The number of hydrogen-bond acceptors (Lipinski definition) is 6. The van der Waals surface area contributed by atoms with Gasteiger partial charge in [-0.2, -0.15) is 0 Å². The number of thiazole rings is 1. The first-order valence-electron chi connectivity index (χ1n) is 9.91. The van der Waals surface area contributed by atoms with Crippen LogP contribution in [0, 0.1) is 0 Å². The number of halogens is 1. The molecule has 0 N–H and O–H groups in total. The fourth-order valence-corrected chi connectivity index (χ4v) is 4.86. The van der Waals surface area contributed by atoms with Crippen LogP contribution in [0.1, 0.15) is 44.6 Å². The molecule has 2 atom stereocenters. The second-order valence-corrected chi connectivity index (χ2v) is 8.77. The highest BCUT2D eigenvalue weighted by Crippen LogP contribution is 2.32. The minimum Gasteiger partial charge on any atom is -0.478 e. The summed E-state index contributed by atoms with van der Waals surface area (Å²) < 4.78 is 11.2. The van der Waals surface area contributed by atoms with Crippen LogP contribution in [0.2, 0.25) is 5.02 Å². The minimum absolute atomic E-state index is 0.0951. The first-order chi connectivity index (χ1) is 14.0. The summed E-state index contributed by atoms with van der Waals surface area (Å²) >= 11 is 7.43. The number of rotatable bonds is 5. The maximum absolute atomic E-state index is 13.2. The third-order valence-electron chi connectivity index (χ3n) is 5.40. The van der Waals surface area contributed by atoms with Crippen molar-refractivity contribution < 1.29 is 19.1 Å². The van der Waals surface area contributed by atoms with Crippen molar-refractivity contribution in [2.45, 2.75) is 63.7 Å². The fraction of sp³-hybridized carbons (Fsp3) is 0.476. The number of ether oxygens (including phenoxy) is 2. The van der Waals surface area contributed by atoms with Gasteiger partial charge in [-0.15, -0.1) is 11.3 Å². The number of aromatic nitrogens is 1. The molecule has 8 heteroatoms. The first kappa shape index (κ1) is 20.2. The van der Waals surface area contributed by atoms with Crippen molar-refractivity contribution in [2.75, 3.05) is 4.90 Å². The summed E-state index contributed by atoms with van der Waals surface area (Å²) in [4.78, 5) is 31.9. The van der Waals surface area contributed by atoms with Crippen LogP contribution >= 0.6 is 22.9 Å². The number of esters is 1. The molecule has 0 unspecified atom stereocenters. The Morgan fingerprint density at radius 3 is 2.83 bits per heavy atom. The van der Waals surface area contributed by atoms with E-state index in [2.05, 4.69) is 4.98 Å². The van der Waals surface area contributed by atoms with Gasteiger partial charge in [0, 0.05) is 29.1 Å². The molecule has 2 aliphatic rings. The Hall–Kier alpha value is -2.12. The van der Waals surface area contributed by atoms with Gasteiger partial charge in [-0.25, -0.2) is 9.78 Å². The Balaban J connectivity index is 1.43. The molecule has 1 saturated carbocycles. The quantitative estimate of drug-likeness (QED) is 0.652. The summed E-state index contributed by atoms with van der Waals surface area (Å²) in [6.07, 6.45) is 5.63. The van der Waals surface area contributed by atoms with Crippen molar-refractivity contribution in [3.8, 4) is 5.75 Å². The smallest absolute Gasteiger partial charge is 0.348 e. The van der Waals surface area contributed by atoms with Gasteiger partial charge in [0.1, 0.15) is 5.75 Å². The molecule has 0 saturated heterocycles. The average Bonchev–Trinajstić information content (AvgIpc) is 3.38. The molecule has 6 nitrogen and oxygen atoms in total. The van der Waals surface area contributed by atoms with Crippen molar-refractivity contribution in [2.24, 2.45) is 0 Å². The number of benzene rings is 1. The topological polar surface area (TPSA) is 68.7 Å². The number of nitrogens with zero attached hydrogens (tertiary/aromatic N) is 2. The largest absolute Gasteiger partial charge is 0.478 e. The number of anilines is 1. The maximum Gasteiger partial charge on any atom is 0.348 e. The van der Waals surface area contributed by atoms with Gasteiger partial charge in [0.15, 0.2) is 17.3 Å². The van der Waals surface area contributed by atoms with E-state index in [4.69, 9.17) is 21.1 Å². The summed E-state index contributed by atoms with van der Waals surface area (Å²) in [5.41, 5.74) is 0.866. The molecule has 154 valence electrons. The third-order valence-corrected chi connectivity index (χ3v) is 6.41. The summed E-state index contributed by atoms with van der Waals surface area (Å²) in [5, 5.41) is 3.10. The molecule has 29 heavy (non-hydrogen) atoms. The fourth-order valence-electron chi connectivity index (χ4n) is 3.95. The van der Waals surface area contributed by atoms with E-state index in [1.807, 2.05) is 5.38 Å². The van der Waals surface area contributed by atoms with E-state index in [0.717, 1.165) is 31.2 Å². The molecule has 2 heterocycles. The molecule has 1 aromatic carbocycles. The predicted octanol–water partition coefficient (Wildman–Crippen LogP) is 4.40. The molecule has 1 aliphatic heterocycles. The number of carbonyl (C=O) groups is 2. The zero-order valence-electron chi connectivity index (χ0n) is 16.2. The van der Waals surface area contributed by atoms with Gasteiger partial charge >= 0.3 is 5.97 Å². The van der Waals surface area contributed by atoms with Gasteiger partial charge in [-0.3, -0.25) is 9.69 Å². The highest BCUT2D eigenvalue weighted by molar-refractivity contribution is 7.13. The summed E-state index contributed by atoms with van der Waals surface area (Å²) in [5.74, 6) is -0.151. The van der Waals surface area contributed by atoms with E-state index in [1.165, 1.54) is 17.8 Å². The van der Waals surface area contributed by atoms with Crippen LogP contribution in [0.15, 0.2) is 29.8 Å². The molecule has 0 bridgehead atoms. The lowest BCUT2D eigenvalue weighted by atomic mass is 9.94. The van der Waals surface area contributed by atoms with E-state index >= 15 is 0 Å². The normalized spacial score (nSPS) is 19.9. The first-order valence-corrected chi connectivity index (χ1v) is 11.2. The number of hydrogen-bond donors (Lipinski definition) is 0. The van der Waals surface area contributed by atoms with Gasteiger partial charge < -0.3 is 9.47 Å². The molecule has 0 spiro atoms. The lowest BCUT2D eigenvalue weighted by Gasteiger charge is -2.34. The van der Waals surface area contributed by atoms with Gasteiger partial charge in [-0.05, 0) is 43.5 Å². The molecule has 1 fully saturated rings. The van der Waals surface area contributed by atoms with Crippen LogP contribution in [0.5, 0.6) is 5.75 Å². The number of amides is 1. The van der Waals surface area contributed by atoms with Crippen molar-refractivity contribution >= 4 is 39.9 Å². The standard InChI is InChI=1S/C21H23ClN2O4S/c1-13(27-20(26)18-12-14-11-15(22)7-8-17(14)28-18)19(25)24(21-23-9-10-29-21)16-5-3-2-4-6-16/h7-11,13,16,18H,2-6,12H2,1H3/t13-,18-/m1/s1. The number of carbonyl (C=O) groups excluding carboxylic acids is 2. The average molecular weight is 435 g/mol. The molecule has 1 amide bonds. The summed E-state index contributed by atoms with van der Waals surface area (Å²) in [6, 6.07) is 5.34. The second kappa shape index (κ2) is 8.71.